The van der Waals surface area contributed by atoms with Gasteiger partial charge in [0.1, 0.15) is 0 Å². The molecule has 2 atom stereocenters. The molecule has 0 aliphatic heterocycles. The Labute approximate surface area is 73.1 Å². The van der Waals surface area contributed by atoms with E-state index in [0.29, 0.717) is 13.0 Å². The van der Waals surface area contributed by atoms with Gasteiger partial charge in [0.2, 0.25) is 5.91 Å². The predicted octanol–water partition coefficient (Wildman–Crippen LogP) is -0.532. The number of hydrogen-bond acceptors (Lipinski definition) is 3. The quantitative estimate of drug-likeness (QED) is 0.524. The summed E-state index contributed by atoms with van der Waals surface area (Å²) in [5.41, 5.74) is 5.47. The number of nitrogens with two attached hydrogens (primary N) is 1. The average molecular weight is 174 g/mol. The molecule has 0 saturated carbocycles. The van der Waals surface area contributed by atoms with Crippen molar-refractivity contribution in [2.75, 3.05) is 13.2 Å². The van der Waals surface area contributed by atoms with E-state index >= 15 is 0 Å². The second kappa shape index (κ2) is 5.97. The molecule has 12 heavy (non-hydrogen) atoms. The predicted molar refractivity (Wildman–Crippen MR) is 47.5 cm³/mol. The summed E-state index contributed by atoms with van der Waals surface area (Å²) >= 11 is 0. The minimum atomic E-state index is -0.420. The zero-order valence-corrected chi connectivity index (χ0v) is 7.71. The van der Waals surface area contributed by atoms with Crippen LogP contribution in [0.4, 0.5) is 0 Å². The van der Waals surface area contributed by atoms with Gasteiger partial charge in [0.15, 0.2) is 0 Å². The molecule has 0 spiro atoms. The molecule has 1 unspecified atom stereocenters. The van der Waals surface area contributed by atoms with Crippen LogP contribution in [0.1, 0.15) is 20.3 Å². The van der Waals surface area contributed by atoms with E-state index in [0.717, 1.165) is 0 Å². The van der Waals surface area contributed by atoms with Crippen molar-refractivity contribution in [2.45, 2.75) is 26.3 Å². The van der Waals surface area contributed by atoms with Crippen LogP contribution in [0.5, 0.6) is 0 Å². The van der Waals surface area contributed by atoms with Gasteiger partial charge in [0.25, 0.3) is 0 Å². The minimum Gasteiger partial charge on any atom is -0.396 e. The molecule has 0 saturated heterocycles. The first-order valence-electron chi connectivity index (χ1n) is 4.26. The second-order valence-electron chi connectivity index (χ2n) is 3.05. The largest absolute Gasteiger partial charge is 0.396 e. The number of carbonyl (C=O) groups excluding carboxylic acids is 1. The van der Waals surface area contributed by atoms with E-state index in [2.05, 4.69) is 5.32 Å². The van der Waals surface area contributed by atoms with E-state index in [-0.39, 0.29) is 18.4 Å². The van der Waals surface area contributed by atoms with Crippen molar-refractivity contribution in [3.8, 4) is 0 Å². The summed E-state index contributed by atoms with van der Waals surface area (Å²) in [5, 5.41) is 11.3. The maximum atomic E-state index is 11.1. The fourth-order valence-electron chi connectivity index (χ4n) is 0.656. The van der Waals surface area contributed by atoms with Crippen molar-refractivity contribution < 1.29 is 9.90 Å². The number of aliphatic hydroxyl groups is 1. The lowest BCUT2D eigenvalue weighted by Crippen LogP contribution is -2.42. The highest BCUT2D eigenvalue weighted by molar-refractivity contribution is 5.81. The van der Waals surface area contributed by atoms with E-state index in [4.69, 9.17) is 10.8 Å². The average Bonchev–Trinajstić information content (AvgIpc) is 2.11. The topological polar surface area (TPSA) is 75.4 Å². The molecule has 1 amide bonds. The van der Waals surface area contributed by atoms with E-state index in [1.54, 1.807) is 0 Å². The standard InChI is InChI=1S/C8H18N2O2/c1-3-7(9)8(12)10-4-6(2)5-11/h6-7,11H,3-5,9H2,1-2H3,(H,10,12)/t6?,7-/m0/s1. The highest BCUT2D eigenvalue weighted by Gasteiger charge is 2.10. The smallest absolute Gasteiger partial charge is 0.236 e. The Kier molecular flexibility index (Phi) is 5.66. The van der Waals surface area contributed by atoms with Crippen LogP contribution in [-0.4, -0.2) is 30.2 Å². The zero-order chi connectivity index (χ0) is 9.56. The fourth-order valence-corrected chi connectivity index (χ4v) is 0.656. The maximum absolute atomic E-state index is 11.1. The minimum absolute atomic E-state index is 0.0850. The Bertz CT molecular complexity index is 139. The van der Waals surface area contributed by atoms with Crippen molar-refractivity contribution in [3.05, 3.63) is 0 Å². The molecule has 4 N–H and O–H groups in total. The molecule has 0 aliphatic rings. The fraction of sp³-hybridized carbons (Fsp3) is 0.875. The van der Waals surface area contributed by atoms with E-state index in [1.165, 1.54) is 0 Å². The lowest BCUT2D eigenvalue weighted by Gasteiger charge is -2.12. The van der Waals surface area contributed by atoms with Gasteiger partial charge in [0, 0.05) is 13.2 Å². The lowest BCUT2D eigenvalue weighted by atomic mass is 10.2. The van der Waals surface area contributed by atoms with Crippen LogP contribution < -0.4 is 11.1 Å². The first kappa shape index (κ1) is 11.4. The summed E-state index contributed by atoms with van der Waals surface area (Å²) in [5.74, 6) is -0.0455. The summed E-state index contributed by atoms with van der Waals surface area (Å²) in [6.45, 7) is 4.29. The molecule has 4 heteroatoms. The normalized spacial score (nSPS) is 15.3. The molecule has 0 aromatic carbocycles. The molecular formula is C8H18N2O2. The molecule has 0 bridgehead atoms. The van der Waals surface area contributed by atoms with Crippen LogP contribution >= 0.6 is 0 Å². The Balaban J connectivity index is 3.56. The Morgan fingerprint density at radius 1 is 1.67 bits per heavy atom. The molecule has 4 nitrogen and oxygen atoms in total. The molecule has 0 aliphatic carbocycles. The van der Waals surface area contributed by atoms with Gasteiger partial charge in [-0.25, -0.2) is 0 Å². The molecule has 0 radical (unpaired) electrons. The van der Waals surface area contributed by atoms with E-state index in [9.17, 15) is 4.79 Å². The molecule has 0 rings (SSSR count). The first-order valence-corrected chi connectivity index (χ1v) is 4.26. The van der Waals surface area contributed by atoms with Gasteiger partial charge in [-0.1, -0.05) is 13.8 Å². The van der Waals surface area contributed by atoms with Crippen LogP contribution in [0, 0.1) is 5.92 Å². The number of amides is 1. The van der Waals surface area contributed by atoms with Gasteiger partial charge >= 0.3 is 0 Å². The van der Waals surface area contributed by atoms with Crippen molar-refractivity contribution in [1.82, 2.24) is 5.32 Å². The first-order chi connectivity index (χ1) is 5.61. The summed E-state index contributed by atoms with van der Waals surface area (Å²) in [6, 6.07) is -0.420. The maximum Gasteiger partial charge on any atom is 0.236 e. The van der Waals surface area contributed by atoms with Gasteiger partial charge in [0.05, 0.1) is 6.04 Å². The summed E-state index contributed by atoms with van der Waals surface area (Å²) in [6.07, 6.45) is 0.638. The van der Waals surface area contributed by atoms with Crippen molar-refractivity contribution in [1.29, 1.82) is 0 Å². The van der Waals surface area contributed by atoms with Gasteiger partial charge in [-0.2, -0.15) is 0 Å². The van der Waals surface area contributed by atoms with Crippen molar-refractivity contribution in [2.24, 2.45) is 11.7 Å². The van der Waals surface area contributed by atoms with Crippen molar-refractivity contribution in [3.63, 3.8) is 0 Å². The second-order valence-corrected chi connectivity index (χ2v) is 3.05. The van der Waals surface area contributed by atoms with E-state index < -0.39 is 6.04 Å². The van der Waals surface area contributed by atoms with Crippen LogP contribution in [-0.2, 0) is 4.79 Å². The van der Waals surface area contributed by atoms with Gasteiger partial charge in [-0.05, 0) is 12.3 Å². The van der Waals surface area contributed by atoms with Crippen LogP contribution in [0.3, 0.4) is 0 Å². The number of nitrogens with one attached hydrogen (secondary N) is 1. The SMILES string of the molecule is CC[C@H](N)C(=O)NCC(C)CO. The van der Waals surface area contributed by atoms with Crippen LogP contribution in [0.2, 0.25) is 0 Å². The Hall–Kier alpha value is -0.610. The number of hydrogen-bond donors (Lipinski definition) is 3. The van der Waals surface area contributed by atoms with Gasteiger partial charge in [-0.3, -0.25) is 4.79 Å². The Morgan fingerprint density at radius 2 is 2.25 bits per heavy atom. The molecule has 0 heterocycles. The summed E-state index contributed by atoms with van der Waals surface area (Å²) in [4.78, 5) is 11.1. The zero-order valence-electron chi connectivity index (χ0n) is 7.71. The molecule has 0 aromatic rings. The third-order valence-corrected chi connectivity index (χ3v) is 1.71. The number of rotatable bonds is 5. The summed E-state index contributed by atoms with van der Waals surface area (Å²) < 4.78 is 0. The highest BCUT2D eigenvalue weighted by atomic mass is 16.3. The highest BCUT2D eigenvalue weighted by Crippen LogP contribution is 1.90. The monoisotopic (exact) mass is 174 g/mol. The third-order valence-electron chi connectivity index (χ3n) is 1.71. The number of aliphatic hydroxyl groups excluding tert-OH is 1. The van der Waals surface area contributed by atoms with Crippen LogP contribution in [0.25, 0.3) is 0 Å². The molecule has 0 fully saturated rings. The molecule has 0 aromatic heterocycles. The van der Waals surface area contributed by atoms with Gasteiger partial charge < -0.3 is 16.2 Å². The Morgan fingerprint density at radius 3 is 2.67 bits per heavy atom. The molecule has 72 valence electrons. The van der Waals surface area contributed by atoms with Crippen molar-refractivity contribution >= 4 is 5.91 Å². The third kappa shape index (κ3) is 4.31. The van der Waals surface area contributed by atoms with E-state index in [1.807, 2.05) is 13.8 Å². The lowest BCUT2D eigenvalue weighted by molar-refractivity contribution is -0.122. The molecular weight excluding hydrogens is 156 g/mol. The van der Waals surface area contributed by atoms with Gasteiger partial charge in [-0.15, -0.1) is 0 Å². The summed E-state index contributed by atoms with van der Waals surface area (Å²) in [7, 11) is 0. The number of carbonyl (C=O) groups is 1. The van der Waals surface area contributed by atoms with Crippen LogP contribution in [0.15, 0.2) is 0 Å².